The normalized spacial score (nSPS) is 13.3. The molecule has 1 aliphatic heterocycles. The summed E-state index contributed by atoms with van der Waals surface area (Å²) in [4.78, 5) is 37.2. The second kappa shape index (κ2) is 7.66. The van der Waals surface area contributed by atoms with E-state index in [0.29, 0.717) is 22.6 Å². The van der Waals surface area contributed by atoms with Gasteiger partial charge >= 0.3 is 0 Å². The third kappa shape index (κ3) is 3.81. The first-order valence-corrected chi connectivity index (χ1v) is 9.39. The van der Waals surface area contributed by atoms with Crippen molar-refractivity contribution in [3.8, 4) is 5.75 Å². The predicted molar refractivity (Wildman–Crippen MR) is 109 cm³/mol. The van der Waals surface area contributed by atoms with Crippen LogP contribution < -0.4 is 10.1 Å². The van der Waals surface area contributed by atoms with Crippen molar-refractivity contribution in [2.45, 2.75) is 0 Å². The number of hydrogen-bond acceptors (Lipinski definition) is 4. The van der Waals surface area contributed by atoms with Gasteiger partial charge in [0.1, 0.15) is 5.75 Å². The van der Waals surface area contributed by atoms with E-state index in [0.717, 1.165) is 13.8 Å². The zero-order chi connectivity index (χ0) is 19.7. The molecule has 0 atom stereocenters. The molecule has 1 N–H and O–H groups in total. The fraction of sp³-hybridized carbons (Fsp3) is 0.105. The summed E-state index contributed by atoms with van der Waals surface area (Å²) in [6.45, 7) is 0. The number of halogens is 2. The van der Waals surface area contributed by atoms with Crippen LogP contribution in [0.3, 0.4) is 0 Å². The molecular weight excluding hydrogens is 480 g/mol. The highest BCUT2D eigenvalue weighted by molar-refractivity contribution is 9.11. The van der Waals surface area contributed by atoms with Crippen LogP contribution in [0.15, 0.2) is 45.4 Å². The minimum atomic E-state index is -0.384. The molecule has 0 aromatic heterocycles. The van der Waals surface area contributed by atoms with Gasteiger partial charge in [0, 0.05) is 28.8 Å². The van der Waals surface area contributed by atoms with Gasteiger partial charge in [-0.15, -0.1) is 0 Å². The minimum Gasteiger partial charge on any atom is -0.495 e. The van der Waals surface area contributed by atoms with Gasteiger partial charge in [-0.2, -0.15) is 0 Å². The number of methoxy groups -OCH3 is 1. The smallest absolute Gasteiger partial charge is 0.261 e. The SMILES string of the molecule is COc1c(Br)cc(Br)cc1/C=C/C(=O)Nc1ccc2c(c1)C(=O)N(C)C2=O. The maximum absolute atomic E-state index is 12.2. The average Bonchev–Trinajstić information content (AvgIpc) is 2.84. The Bertz CT molecular complexity index is 1000. The van der Waals surface area contributed by atoms with Gasteiger partial charge in [0.05, 0.1) is 22.7 Å². The number of nitrogens with zero attached hydrogens (tertiary/aromatic N) is 1. The van der Waals surface area contributed by atoms with Gasteiger partial charge < -0.3 is 10.1 Å². The van der Waals surface area contributed by atoms with Crippen molar-refractivity contribution in [1.29, 1.82) is 0 Å². The van der Waals surface area contributed by atoms with Crippen LogP contribution in [0.5, 0.6) is 5.75 Å². The standard InChI is InChI=1S/C19H14Br2N2O4/c1-23-18(25)13-5-4-12(9-14(13)19(23)26)22-16(24)6-3-10-7-11(20)8-15(21)17(10)27-2/h3-9H,1-2H3,(H,22,24)/b6-3+. The number of ether oxygens (including phenoxy) is 1. The van der Waals surface area contributed by atoms with E-state index in [1.807, 2.05) is 12.1 Å². The molecule has 0 saturated heterocycles. The number of carbonyl (C=O) groups is 3. The zero-order valence-electron chi connectivity index (χ0n) is 14.4. The molecule has 0 spiro atoms. The Kier molecular flexibility index (Phi) is 5.48. The van der Waals surface area contributed by atoms with E-state index in [1.165, 1.54) is 25.3 Å². The molecule has 8 heteroatoms. The summed E-state index contributed by atoms with van der Waals surface area (Å²) in [6.07, 6.45) is 2.99. The van der Waals surface area contributed by atoms with Gasteiger partial charge in [0.25, 0.3) is 11.8 Å². The van der Waals surface area contributed by atoms with Gasteiger partial charge in [0.2, 0.25) is 5.91 Å². The molecule has 0 fully saturated rings. The molecule has 138 valence electrons. The molecule has 0 bridgehead atoms. The zero-order valence-corrected chi connectivity index (χ0v) is 17.5. The van der Waals surface area contributed by atoms with Gasteiger partial charge in [-0.1, -0.05) is 15.9 Å². The lowest BCUT2D eigenvalue weighted by Gasteiger charge is -2.08. The van der Waals surface area contributed by atoms with E-state index in [2.05, 4.69) is 37.2 Å². The maximum Gasteiger partial charge on any atom is 0.261 e. The number of fused-ring (bicyclic) bond motifs is 1. The van der Waals surface area contributed by atoms with Crippen LogP contribution in [0, 0.1) is 0 Å². The van der Waals surface area contributed by atoms with Crippen LogP contribution in [0.25, 0.3) is 6.08 Å². The second-order valence-electron chi connectivity index (χ2n) is 5.76. The minimum absolute atomic E-state index is 0.280. The summed E-state index contributed by atoms with van der Waals surface area (Å²) in [7, 11) is 2.97. The van der Waals surface area contributed by atoms with Crippen molar-refractivity contribution in [1.82, 2.24) is 4.90 Å². The Morgan fingerprint density at radius 3 is 2.52 bits per heavy atom. The Hall–Kier alpha value is -2.45. The first-order chi connectivity index (χ1) is 12.8. The van der Waals surface area contributed by atoms with E-state index in [-0.39, 0.29) is 23.3 Å². The Labute approximate surface area is 172 Å². The maximum atomic E-state index is 12.2. The molecular formula is C19H14Br2N2O4. The van der Waals surface area contributed by atoms with Crippen molar-refractivity contribution in [2.75, 3.05) is 19.5 Å². The van der Waals surface area contributed by atoms with Crippen LogP contribution in [-0.4, -0.2) is 36.8 Å². The first kappa shape index (κ1) is 19.3. The van der Waals surface area contributed by atoms with Crippen LogP contribution >= 0.6 is 31.9 Å². The molecule has 3 amide bonds. The van der Waals surface area contributed by atoms with Crippen molar-refractivity contribution < 1.29 is 19.1 Å². The number of benzene rings is 2. The molecule has 2 aromatic rings. The summed E-state index contributed by atoms with van der Waals surface area (Å²) in [5.41, 5.74) is 1.76. The molecule has 1 aliphatic rings. The van der Waals surface area contributed by atoms with E-state index in [1.54, 1.807) is 19.3 Å². The second-order valence-corrected chi connectivity index (χ2v) is 7.53. The third-order valence-corrected chi connectivity index (χ3v) is 5.06. The number of amides is 3. The molecule has 27 heavy (non-hydrogen) atoms. The van der Waals surface area contributed by atoms with Gasteiger partial charge in [-0.05, 0) is 52.3 Å². The van der Waals surface area contributed by atoms with Crippen molar-refractivity contribution >= 4 is 61.3 Å². The topological polar surface area (TPSA) is 75.7 Å². The van der Waals surface area contributed by atoms with Crippen molar-refractivity contribution in [3.63, 3.8) is 0 Å². The highest BCUT2D eigenvalue weighted by atomic mass is 79.9. The van der Waals surface area contributed by atoms with E-state index in [4.69, 9.17) is 4.74 Å². The molecule has 3 rings (SSSR count). The molecule has 0 aliphatic carbocycles. The predicted octanol–water partition coefficient (Wildman–Crippen LogP) is 4.10. The molecule has 0 saturated carbocycles. The fourth-order valence-electron chi connectivity index (χ4n) is 2.71. The van der Waals surface area contributed by atoms with E-state index >= 15 is 0 Å². The van der Waals surface area contributed by atoms with Crippen LogP contribution in [0.2, 0.25) is 0 Å². The molecule has 0 radical (unpaired) electrons. The molecule has 1 heterocycles. The fourth-order valence-corrected chi connectivity index (χ4v) is 4.13. The number of nitrogens with one attached hydrogen (secondary N) is 1. The van der Waals surface area contributed by atoms with Crippen molar-refractivity contribution in [3.05, 3.63) is 62.0 Å². The number of carbonyl (C=O) groups excluding carboxylic acids is 3. The third-order valence-electron chi connectivity index (χ3n) is 4.01. The highest BCUT2D eigenvalue weighted by Gasteiger charge is 2.32. The molecule has 2 aromatic carbocycles. The summed E-state index contributed by atoms with van der Waals surface area (Å²) in [6, 6.07) is 8.29. The van der Waals surface area contributed by atoms with Gasteiger partial charge in [-0.25, -0.2) is 0 Å². The van der Waals surface area contributed by atoms with E-state index < -0.39 is 0 Å². The van der Waals surface area contributed by atoms with Crippen molar-refractivity contribution in [2.24, 2.45) is 0 Å². The summed E-state index contributed by atoms with van der Waals surface area (Å²) in [5.74, 6) is -0.504. The number of anilines is 1. The largest absolute Gasteiger partial charge is 0.495 e. The summed E-state index contributed by atoms with van der Waals surface area (Å²) in [5, 5.41) is 2.69. The summed E-state index contributed by atoms with van der Waals surface area (Å²) >= 11 is 6.81. The number of imide groups is 1. The molecule has 0 unspecified atom stereocenters. The Morgan fingerprint density at radius 2 is 1.81 bits per heavy atom. The average molecular weight is 494 g/mol. The first-order valence-electron chi connectivity index (χ1n) is 7.80. The monoisotopic (exact) mass is 492 g/mol. The lowest BCUT2D eigenvalue weighted by molar-refractivity contribution is -0.111. The van der Waals surface area contributed by atoms with Crippen LogP contribution in [0.4, 0.5) is 5.69 Å². The van der Waals surface area contributed by atoms with E-state index in [9.17, 15) is 14.4 Å². The number of hydrogen-bond donors (Lipinski definition) is 1. The highest BCUT2D eigenvalue weighted by Crippen LogP contribution is 2.33. The van der Waals surface area contributed by atoms with Gasteiger partial charge in [0.15, 0.2) is 0 Å². The van der Waals surface area contributed by atoms with Crippen LogP contribution in [-0.2, 0) is 4.79 Å². The lowest BCUT2D eigenvalue weighted by atomic mass is 10.1. The Morgan fingerprint density at radius 1 is 1.11 bits per heavy atom. The van der Waals surface area contributed by atoms with Crippen LogP contribution in [0.1, 0.15) is 26.3 Å². The number of rotatable bonds is 4. The molecule has 6 nitrogen and oxygen atoms in total. The van der Waals surface area contributed by atoms with Gasteiger partial charge in [-0.3, -0.25) is 19.3 Å². The summed E-state index contributed by atoms with van der Waals surface area (Å²) < 4.78 is 6.93. The lowest BCUT2D eigenvalue weighted by Crippen LogP contribution is -2.24. The Balaban J connectivity index is 1.79. The quantitative estimate of drug-likeness (QED) is 0.514.